The molecule has 0 bridgehead atoms. The van der Waals surface area contributed by atoms with Crippen molar-refractivity contribution in [1.29, 1.82) is 0 Å². The molecule has 0 saturated carbocycles. The number of alkyl carbamates (subject to hydrolysis) is 1. The summed E-state index contributed by atoms with van der Waals surface area (Å²) in [5, 5.41) is 3.46. The molecule has 1 fully saturated rings. The van der Waals surface area contributed by atoms with E-state index in [9.17, 15) is 9.18 Å². The van der Waals surface area contributed by atoms with E-state index in [1.807, 2.05) is 6.07 Å². The number of piperidine rings is 1. The number of benzene rings is 1. The van der Waals surface area contributed by atoms with Gasteiger partial charge in [-0.1, -0.05) is 6.07 Å². The summed E-state index contributed by atoms with van der Waals surface area (Å²) in [6, 6.07) is 6.99. The zero-order valence-corrected chi connectivity index (χ0v) is 13.8. The van der Waals surface area contributed by atoms with E-state index in [2.05, 4.69) is 15.2 Å². The molecule has 0 unspecified atom stereocenters. The number of aromatic nitrogens is 1. The molecule has 0 atom stereocenters. The fourth-order valence-electron chi connectivity index (χ4n) is 3.14. The molecule has 1 aliphatic heterocycles. The highest BCUT2D eigenvalue weighted by molar-refractivity contribution is 5.82. The van der Waals surface area contributed by atoms with Crippen LogP contribution in [0, 0.1) is 5.82 Å². The molecular weight excluding hydrogens is 309 g/mol. The van der Waals surface area contributed by atoms with Gasteiger partial charge in [0.25, 0.3) is 0 Å². The summed E-state index contributed by atoms with van der Waals surface area (Å²) in [6.07, 6.45) is 3.11. The van der Waals surface area contributed by atoms with Crippen molar-refractivity contribution in [1.82, 2.24) is 15.2 Å². The maximum atomic E-state index is 13.9. The minimum Gasteiger partial charge on any atom is -0.450 e. The van der Waals surface area contributed by atoms with Crippen molar-refractivity contribution in [3.8, 4) is 0 Å². The number of likely N-dealkylation sites (tertiary alicyclic amines) is 1. The minimum atomic E-state index is -0.343. The minimum absolute atomic E-state index is 0.156. The molecule has 0 aliphatic carbocycles. The number of ether oxygens (including phenoxy) is 1. The number of nitrogens with zero attached hydrogens (tertiary/aromatic N) is 2. The molecule has 1 aromatic carbocycles. The van der Waals surface area contributed by atoms with Gasteiger partial charge in [0.05, 0.1) is 12.1 Å². The fourth-order valence-corrected chi connectivity index (χ4v) is 3.14. The van der Waals surface area contributed by atoms with Gasteiger partial charge in [0, 0.05) is 37.3 Å². The van der Waals surface area contributed by atoms with E-state index in [1.54, 1.807) is 25.3 Å². The SMILES string of the molecule is CCOC(=O)NC1CCN(Cc2ccc(F)c3cccnc23)CC1. The lowest BCUT2D eigenvalue weighted by atomic mass is 10.0. The van der Waals surface area contributed by atoms with Crippen LogP contribution in [-0.2, 0) is 11.3 Å². The Balaban J connectivity index is 1.61. The van der Waals surface area contributed by atoms with Crippen molar-refractivity contribution in [2.75, 3.05) is 19.7 Å². The van der Waals surface area contributed by atoms with E-state index in [0.717, 1.165) is 43.6 Å². The van der Waals surface area contributed by atoms with Gasteiger partial charge in [-0.15, -0.1) is 0 Å². The van der Waals surface area contributed by atoms with Crippen LogP contribution in [0.1, 0.15) is 25.3 Å². The highest BCUT2D eigenvalue weighted by atomic mass is 19.1. The number of pyridine rings is 1. The molecule has 1 amide bonds. The molecule has 6 heteroatoms. The smallest absolute Gasteiger partial charge is 0.407 e. The highest BCUT2D eigenvalue weighted by Gasteiger charge is 2.21. The van der Waals surface area contributed by atoms with Crippen LogP contribution >= 0.6 is 0 Å². The Kier molecular flexibility index (Phi) is 5.25. The van der Waals surface area contributed by atoms with Crippen LogP contribution in [0.15, 0.2) is 30.5 Å². The first-order valence-electron chi connectivity index (χ1n) is 8.35. The standard InChI is InChI=1S/C18H22FN3O2/c1-2-24-18(23)21-14-7-10-22(11-8-14)12-13-5-6-16(19)15-4-3-9-20-17(13)15/h3-6,9,14H,2,7-8,10-12H2,1H3,(H,21,23). The number of amides is 1. The topological polar surface area (TPSA) is 54.5 Å². The van der Waals surface area contributed by atoms with Crippen molar-refractivity contribution in [3.63, 3.8) is 0 Å². The number of nitrogens with one attached hydrogen (secondary N) is 1. The monoisotopic (exact) mass is 331 g/mol. The lowest BCUT2D eigenvalue weighted by Gasteiger charge is -2.32. The van der Waals surface area contributed by atoms with Gasteiger partial charge in [-0.2, -0.15) is 0 Å². The Morgan fingerprint density at radius 1 is 1.38 bits per heavy atom. The third-order valence-corrected chi connectivity index (χ3v) is 4.38. The summed E-state index contributed by atoms with van der Waals surface area (Å²) in [5.74, 6) is -0.237. The third-order valence-electron chi connectivity index (χ3n) is 4.38. The van der Waals surface area contributed by atoms with Gasteiger partial charge in [-0.25, -0.2) is 9.18 Å². The van der Waals surface area contributed by atoms with E-state index >= 15 is 0 Å². The van der Waals surface area contributed by atoms with Crippen LogP contribution in [0.4, 0.5) is 9.18 Å². The average molecular weight is 331 g/mol. The summed E-state index contributed by atoms with van der Waals surface area (Å²) in [4.78, 5) is 18.1. The molecule has 128 valence electrons. The fraction of sp³-hybridized carbons (Fsp3) is 0.444. The number of carbonyl (C=O) groups is 1. The second-order valence-corrected chi connectivity index (χ2v) is 6.02. The van der Waals surface area contributed by atoms with E-state index in [4.69, 9.17) is 4.74 Å². The van der Waals surface area contributed by atoms with E-state index < -0.39 is 0 Å². The summed E-state index contributed by atoms with van der Waals surface area (Å²) in [6.45, 7) is 4.67. The van der Waals surface area contributed by atoms with Crippen LogP contribution in [0.5, 0.6) is 0 Å². The lowest BCUT2D eigenvalue weighted by Crippen LogP contribution is -2.44. The Morgan fingerprint density at radius 2 is 2.17 bits per heavy atom. The maximum Gasteiger partial charge on any atom is 0.407 e. The lowest BCUT2D eigenvalue weighted by molar-refractivity contribution is 0.136. The number of hydrogen-bond acceptors (Lipinski definition) is 4. The Labute approximate surface area is 140 Å². The van der Waals surface area contributed by atoms with Crippen LogP contribution < -0.4 is 5.32 Å². The van der Waals surface area contributed by atoms with E-state index in [1.165, 1.54) is 6.07 Å². The molecular formula is C18H22FN3O2. The summed E-state index contributed by atoms with van der Waals surface area (Å²) >= 11 is 0. The average Bonchev–Trinajstić information content (AvgIpc) is 2.59. The highest BCUT2D eigenvalue weighted by Crippen LogP contribution is 2.22. The molecule has 0 radical (unpaired) electrons. The normalized spacial score (nSPS) is 16.2. The van der Waals surface area contributed by atoms with Gasteiger partial charge in [0.2, 0.25) is 0 Å². The predicted molar refractivity (Wildman–Crippen MR) is 90.2 cm³/mol. The zero-order chi connectivity index (χ0) is 16.9. The van der Waals surface area contributed by atoms with E-state index in [0.29, 0.717) is 12.0 Å². The number of carbonyl (C=O) groups excluding carboxylic acids is 1. The molecule has 0 spiro atoms. The molecule has 2 aromatic rings. The zero-order valence-electron chi connectivity index (χ0n) is 13.8. The van der Waals surface area contributed by atoms with Gasteiger partial charge >= 0.3 is 6.09 Å². The quantitative estimate of drug-likeness (QED) is 0.935. The number of fused-ring (bicyclic) bond motifs is 1. The van der Waals surface area contributed by atoms with Crippen LogP contribution in [-0.4, -0.2) is 41.7 Å². The van der Waals surface area contributed by atoms with Crippen molar-refractivity contribution < 1.29 is 13.9 Å². The van der Waals surface area contributed by atoms with Crippen molar-refractivity contribution in [3.05, 3.63) is 41.8 Å². The first-order valence-corrected chi connectivity index (χ1v) is 8.35. The summed E-state index contributed by atoms with van der Waals surface area (Å²) in [5.41, 5.74) is 1.76. The van der Waals surface area contributed by atoms with Crippen molar-refractivity contribution in [2.24, 2.45) is 0 Å². The van der Waals surface area contributed by atoms with Gasteiger partial charge in [-0.3, -0.25) is 9.88 Å². The van der Waals surface area contributed by atoms with Gasteiger partial charge in [0.1, 0.15) is 5.82 Å². The first-order chi connectivity index (χ1) is 11.7. The van der Waals surface area contributed by atoms with Crippen molar-refractivity contribution >= 4 is 17.0 Å². The van der Waals surface area contributed by atoms with Crippen LogP contribution in [0.3, 0.4) is 0 Å². The Hall–Kier alpha value is -2.21. The van der Waals surface area contributed by atoms with Gasteiger partial charge < -0.3 is 10.1 Å². The Morgan fingerprint density at radius 3 is 2.92 bits per heavy atom. The van der Waals surface area contributed by atoms with E-state index in [-0.39, 0.29) is 18.0 Å². The largest absolute Gasteiger partial charge is 0.450 e. The Bertz CT molecular complexity index is 714. The third kappa shape index (κ3) is 3.82. The molecule has 1 N–H and O–H groups in total. The van der Waals surface area contributed by atoms with Gasteiger partial charge in [0.15, 0.2) is 0 Å². The summed E-state index contributed by atoms with van der Waals surface area (Å²) in [7, 11) is 0. The number of hydrogen-bond donors (Lipinski definition) is 1. The number of halogens is 1. The molecule has 3 rings (SSSR count). The molecule has 24 heavy (non-hydrogen) atoms. The van der Waals surface area contributed by atoms with Crippen LogP contribution in [0.2, 0.25) is 0 Å². The molecule has 1 saturated heterocycles. The molecule has 1 aliphatic rings. The second kappa shape index (κ2) is 7.57. The van der Waals surface area contributed by atoms with Crippen LogP contribution in [0.25, 0.3) is 10.9 Å². The summed E-state index contributed by atoms with van der Waals surface area (Å²) < 4.78 is 18.8. The van der Waals surface area contributed by atoms with Crippen molar-refractivity contribution in [2.45, 2.75) is 32.4 Å². The molecule has 2 heterocycles. The molecule has 5 nitrogen and oxygen atoms in total. The predicted octanol–water partition coefficient (Wildman–Crippen LogP) is 3.08. The molecule has 1 aromatic heterocycles. The van der Waals surface area contributed by atoms with Gasteiger partial charge in [-0.05, 0) is 43.5 Å². The number of rotatable bonds is 4. The maximum absolute atomic E-state index is 13.9. The first kappa shape index (κ1) is 16.6. The second-order valence-electron chi connectivity index (χ2n) is 6.02.